The van der Waals surface area contributed by atoms with Crippen molar-refractivity contribution in [1.29, 1.82) is 0 Å². The van der Waals surface area contributed by atoms with E-state index in [0.29, 0.717) is 34.4 Å². The summed E-state index contributed by atoms with van der Waals surface area (Å²) in [5.41, 5.74) is 1.84. The molecule has 0 bridgehead atoms. The van der Waals surface area contributed by atoms with Crippen LogP contribution in [0.25, 0.3) is 11.4 Å². The number of rotatable bonds is 3. The molecule has 0 aliphatic heterocycles. The molecule has 0 saturated carbocycles. The highest BCUT2D eigenvalue weighted by Crippen LogP contribution is 2.20. The van der Waals surface area contributed by atoms with Crippen molar-refractivity contribution >= 4 is 11.6 Å². The van der Waals surface area contributed by atoms with E-state index >= 15 is 0 Å². The lowest BCUT2D eigenvalue weighted by Gasteiger charge is -2.05. The van der Waals surface area contributed by atoms with Gasteiger partial charge in [0.05, 0.1) is 12.3 Å². The largest absolute Gasteiger partial charge is 0.378 e. The number of hydrogen-bond acceptors (Lipinski definition) is 3. The zero-order valence-corrected chi connectivity index (χ0v) is 10.8. The van der Waals surface area contributed by atoms with E-state index in [1.54, 1.807) is 32.2 Å². The average Bonchev–Trinajstić information content (AvgIpc) is 2.32. The first-order chi connectivity index (χ1) is 8.60. The summed E-state index contributed by atoms with van der Waals surface area (Å²) < 4.78 is 18.5. The Morgan fingerprint density at radius 2 is 2.06 bits per heavy atom. The van der Waals surface area contributed by atoms with E-state index in [4.69, 9.17) is 16.3 Å². The Morgan fingerprint density at radius 3 is 2.72 bits per heavy atom. The van der Waals surface area contributed by atoms with E-state index in [2.05, 4.69) is 9.97 Å². The molecule has 3 nitrogen and oxygen atoms in total. The molecular weight excluding hydrogens is 255 g/mol. The molecule has 1 aromatic heterocycles. The number of nitrogens with zero attached hydrogens (tertiary/aromatic N) is 2. The van der Waals surface area contributed by atoms with Crippen LogP contribution in [-0.4, -0.2) is 17.1 Å². The first-order valence-corrected chi connectivity index (χ1v) is 5.77. The van der Waals surface area contributed by atoms with E-state index < -0.39 is 0 Å². The van der Waals surface area contributed by atoms with Crippen molar-refractivity contribution in [3.05, 3.63) is 46.5 Å². The fourth-order valence-corrected chi connectivity index (χ4v) is 1.75. The van der Waals surface area contributed by atoms with Crippen LogP contribution >= 0.6 is 11.6 Å². The van der Waals surface area contributed by atoms with Gasteiger partial charge >= 0.3 is 0 Å². The van der Waals surface area contributed by atoms with Crippen LogP contribution in [0, 0.1) is 12.7 Å². The highest BCUT2D eigenvalue weighted by molar-refractivity contribution is 6.29. The number of aromatic nitrogens is 2. The fraction of sp³-hybridized carbons (Fsp3) is 0.231. The van der Waals surface area contributed by atoms with E-state index in [-0.39, 0.29) is 5.82 Å². The predicted molar refractivity (Wildman–Crippen MR) is 67.9 cm³/mol. The van der Waals surface area contributed by atoms with Crippen LogP contribution in [0.4, 0.5) is 4.39 Å². The molecule has 0 aliphatic rings. The van der Waals surface area contributed by atoms with Gasteiger partial charge < -0.3 is 4.74 Å². The van der Waals surface area contributed by atoms with E-state index in [1.807, 2.05) is 0 Å². The van der Waals surface area contributed by atoms with Gasteiger partial charge in [0.15, 0.2) is 5.82 Å². The van der Waals surface area contributed by atoms with Gasteiger partial charge in [0, 0.05) is 12.7 Å². The molecule has 2 aromatic rings. The van der Waals surface area contributed by atoms with Crippen molar-refractivity contribution in [2.75, 3.05) is 7.11 Å². The molecule has 2 rings (SSSR count). The van der Waals surface area contributed by atoms with Crippen LogP contribution in [0.2, 0.25) is 5.15 Å². The monoisotopic (exact) mass is 266 g/mol. The first-order valence-electron chi connectivity index (χ1n) is 5.39. The number of halogens is 2. The second-order valence-electron chi connectivity index (χ2n) is 3.90. The quantitative estimate of drug-likeness (QED) is 0.799. The number of hydrogen-bond donors (Lipinski definition) is 0. The Balaban J connectivity index is 2.46. The second-order valence-corrected chi connectivity index (χ2v) is 4.29. The topological polar surface area (TPSA) is 35.0 Å². The minimum absolute atomic E-state index is 0.288. The minimum atomic E-state index is -0.288. The molecule has 1 aromatic carbocycles. The Kier molecular flexibility index (Phi) is 3.89. The lowest BCUT2D eigenvalue weighted by Crippen LogP contribution is -1.98. The summed E-state index contributed by atoms with van der Waals surface area (Å²) >= 11 is 5.91. The molecular formula is C13H12ClFN2O. The minimum Gasteiger partial charge on any atom is -0.378 e. The summed E-state index contributed by atoms with van der Waals surface area (Å²) in [4.78, 5) is 8.37. The SMILES string of the molecule is COCc1cc(Cl)nc(-c2ccc(C)c(F)c2)n1. The van der Waals surface area contributed by atoms with Crippen LogP contribution in [0.5, 0.6) is 0 Å². The molecule has 0 spiro atoms. The average molecular weight is 267 g/mol. The predicted octanol–water partition coefficient (Wildman–Crippen LogP) is 3.39. The zero-order valence-electron chi connectivity index (χ0n) is 10.1. The lowest BCUT2D eigenvalue weighted by atomic mass is 10.1. The standard InChI is InChI=1S/C13H12ClFN2O/c1-8-3-4-9(5-11(8)15)13-16-10(7-18-2)6-12(14)17-13/h3-6H,7H2,1-2H3. The summed E-state index contributed by atoms with van der Waals surface area (Å²) in [6.07, 6.45) is 0. The summed E-state index contributed by atoms with van der Waals surface area (Å²) in [6, 6.07) is 6.47. The molecule has 0 fully saturated rings. The molecule has 0 unspecified atom stereocenters. The van der Waals surface area contributed by atoms with Crippen LogP contribution in [0.15, 0.2) is 24.3 Å². The summed E-state index contributed by atoms with van der Waals surface area (Å²) in [7, 11) is 1.57. The molecule has 5 heteroatoms. The maximum Gasteiger partial charge on any atom is 0.161 e. The number of methoxy groups -OCH3 is 1. The number of aryl methyl sites for hydroxylation is 1. The van der Waals surface area contributed by atoms with Gasteiger partial charge in [0.1, 0.15) is 11.0 Å². The van der Waals surface area contributed by atoms with E-state index in [1.165, 1.54) is 6.07 Å². The second kappa shape index (κ2) is 5.42. The Bertz CT molecular complexity index is 575. The molecule has 0 N–H and O–H groups in total. The Labute approximate surface area is 110 Å². The summed E-state index contributed by atoms with van der Waals surface area (Å²) in [5.74, 6) is 0.109. The third kappa shape index (κ3) is 2.83. The van der Waals surface area contributed by atoms with Crippen molar-refractivity contribution in [3.63, 3.8) is 0 Å². The number of ether oxygens (including phenoxy) is 1. The molecule has 0 aliphatic carbocycles. The van der Waals surface area contributed by atoms with Gasteiger partial charge in [-0.1, -0.05) is 23.7 Å². The van der Waals surface area contributed by atoms with Crippen LogP contribution in [-0.2, 0) is 11.3 Å². The first kappa shape index (κ1) is 12.9. The van der Waals surface area contributed by atoms with Crippen LogP contribution < -0.4 is 0 Å². The van der Waals surface area contributed by atoms with Gasteiger partial charge in [-0.25, -0.2) is 14.4 Å². The molecule has 18 heavy (non-hydrogen) atoms. The normalized spacial score (nSPS) is 10.7. The van der Waals surface area contributed by atoms with Gasteiger partial charge in [-0.3, -0.25) is 0 Å². The van der Waals surface area contributed by atoms with Crippen molar-refractivity contribution in [1.82, 2.24) is 9.97 Å². The van der Waals surface area contributed by atoms with Gasteiger partial charge in [-0.15, -0.1) is 0 Å². The van der Waals surface area contributed by atoms with Crippen molar-refractivity contribution < 1.29 is 9.13 Å². The molecule has 0 amide bonds. The maximum absolute atomic E-state index is 13.5. The van der Waals surface area contributed by atoms with Gasteiger partial charge in [-0.05, 0) is 24.6 Å². The van der Waals surface area contributed by atoms with E-state index in [9.17, 15) is 4.39 Å². The molecule has 0 saturated heterocycles. The van der Waals surface area contributed by atoms with Gasteiger partial charge in [0.25, 0.3) is 0 Å². The number of benzene rings is 1. The van der Waals surface area contributed by atoms with Gasteiger partial charge in [-0.2, -0.15) is 0 Å². The summed E-state index contributed by atoms with van der Waals surface area (Å²) in [6.45, 7) is 2.04. The van der Waals surface area contributed by atoms with Crippen molar-refractivity contribution in [3.8, 4) is 11.4 Å². The van der Waals surface area contributed by atoms with Crippen LogP contribution in [0.1, 0.15) is 11.3 Å². The highest BCUT2D eigenvalue weighted by Gasteiger charge is 2.08. The molecule has 0 radical (unpaired) electrons. The highest BCUT2D eigenvalue weighted by atomic mass is 35.5. The van der Waals surface area contributed by atoms with Crippen molar-refractivity contribution in [2.24, 2.45) is 0 Å². The van der Waals surface area contributed by atoms with Gasteiger partial charge in [0.2, 0.25) is 0 Å². The fourth-order valence-electron chi connectivity index (χ4n) is 1.55. The van der Waals surface area contributed by atoms with Crippen molar-refractivity contribution in [2.45, 2.75) is 13.5 Å². The summed E-state index contributed by atoms with van der Waals surface area (Å²) in [5, 5.41) is 0.313. The maximum atomic E-state index is 13.5. The Morgan fingerprint density at radius 1 is 1.28 bits per heavy atom. The zero-order chi connectivity index (χ0) is 13.1. The van der Waals surface area contributed by atoms with E-state index in [0.717, 1.165) is 0 Å². The van der Waals surface area contributed by atoms with Crippen LogP contribution in [0.3, 0.4) is 0 Å². The smallest absolute Gasteiger partial charge is 0.161 e. The molecule has 94 valence electrons. The lowest BCUT2D eigenvalue weighted by molar-refractivity contribution is 0.181. The Hall–Kier alpha value is -1.52. The molecule has 1 heterocycles. The third-order valence-electron chi connectivity index (χ3n) is 2.47. The molecule has 0 atom stereocenters. The third-order valence-corrected chi connectivity index (χ3v) is 2.66.